The molecule has 34 heavy (non-hydrogen) atoms. The fraction of sp³-hybridized carbons (Fsp3) is 0. The molecule has 7 rings (SSSR count). The van der Waals surface area contributed by atoms with Crippen LogP contribution in [0.1, 0.15) is 0 Å². The molecule has 158 valence electrons. The summed E-state index contributed by atoms with van der Waals surface area (Å²) >= 11 is 0. The zero-order valence-corrected chi connectivity index (χ0v) is 18.4. The number of nitrogens with zero attached hydrogens (tertiary/aromatic N) is 2. The molecule has 2 nitrogen and oxygen atoms in total. The van der Waals surface area contributed by atoms with Crippen LogP contribution in [-0.4, -0.2) is 9.97 Å². The minimum absolute atomic E-state index is 1.03. The second kappa shape index (κ2) is 7.50. The summed E-state index contributed by atoms with van der Waals surface area (Å²) < 4.78 is 0. The standard InChI is InChI=1S/C32H20N2/c1-2-9-21(10-3-1)24-14-6-12-23-20-29(27-16-8-18-34-32(27)30(23)24)28-19-22-11-4-5-13-25(22)31-26(28)15-7-17-33-31/h1-20H. The Labute approximate surface area is 197 Å². The Morgan fingerprint density at radius 3 is 1.85 bits per heavy atom. The van der Waals surface area contributed by atoms with Crippen LogP contribution in [0.5, 0.6) is 0 Å². The van der Waals surface area contributed by atoms with Gasteiger partial charge in [-0.2, -0.15) is 0 Å². The molecule has 0 N–H and O–H groups in total. The molecule has 2 heterocycles. The van der Waals surface area contributed by atoms with Gasteiger partial charge in [0.25, 0.3) is 0 Å². The Morgan fingerprint density at radius 2 is 1.03 bits per heavy atom. The largest absolute Gasteiger partial charge is 0.256 e. The summed E-state index contributed by atoms with van der Waals surface area (Å²) in [6, 6.07) is 38.6. The molecule has 0 atom stereocenters. The van der Waals surface area contributed by atoms with Gasteiger partial charge in [-0.1, -0.05) is 84.9 Å². The van der Waals surface area contributed by atoms with E-state index >= 15 is 0 Å². The van der Waals surface area contributed by atoms with Crippen LogP contribution < -0.4 is 0 Å². The zero-order valence-electron chi connectivity index (χ0n) is 18.4. The lowest BCUT2D eigenvalue weighted by Crippen LogP contribution is -1.91. The molecule has 0 saturated carbocycles. The summed E-state index contributed by atoms with van der Waals surface area (Å²) in [4.78, 5) is 9.68. The Bertz CT molecular complexity index is 1850. The topological polar surface area (TPSA) is 25.8 Å². The first-order chi connectivity index (χ1) is 16.9. The van der Waals surface area contributed by atoms with Gasteiger partial charge in [-0.3, -0.25) is 9.97 Å². The fourth-order valence-corrected chi connectivity index (χ4v) is 5.22. The normalized spacial score (nSPS) is 11.5. The second-order valence-electron chi connectivity index (χ2n) is 8.64. The summed E-state index contributed by atoms with van der Waals surface area (Å²) in [5, 5.41) is 7.06. The summed E-state index contributed by atoms with van der Waals surface area (Å²) in [5.74, 6) is 0. The van der Waals surface area contributed by atoms with Crippen LogP contribution in [0.3, 0.4) is 0 Å². The predicted molar refractivity (Wildman–Crippen MR) is 143 cm³/mol. The molecule has 7 aromatic rings. The van der Waals surface area contributed by atoms with Crippen molar-refractivity contribution < 1.29 is 0 Å². The summed E-state index contributed by atoms with van der Waals surface area (Å²) in [5.41, 5.74) is 6.84. The van der Waals surface area contributed by atoms with E-state index in [2.05, 4.69) is 97.1 Å². The molecule has 0 unspecified atom stereocenters. The predicted octanol–water partition coefficient (Wildman–Crippen LogP) is 8.42. The van der Waals surface area contributed by atoms with Crippen molar-refractivity contribution in [3.8, 4) is 22.3 Å². The van der Waals surface area contributed by atoms with Crippen molar-refractivity contribution in [2.45, 2.75) is 0 Å². The highest BCUT2D eigenvalue weighted by Crippen LogP contribution is 2.41. The smallest absolute Gasteiger partial charge is 0.0792 e. The monoisotopic (exact) mass is 432 g/mol. The average Bonchev–Trinajstić information content (AvgIpc) is 2.92. The molecular weight excluding hydrogens is 412 g/mol. The lowest BCUT2D eigenvalue weighted by molar-refractivity contribution is 1.42. The maximum absolute atomic E-state index is 4.91. The number of hydrogen-bond acceptors (Lipinski definition) is 2. The lowest BCUT2D eigenvalue weighted by atomic mass is 9.89. The van der Waals surface area contributed by atoms with E-state index in [1.807, 2.05) is 24.5 Å². The third-order valence-electron chi connectivity index (χ3n) is 6.72. The van der Waals surface area contributed by atoms with Gasteiger partial charge in [0.15, 0.2) is 0 Å². The van der Waals surface area contributed by atoms with E-state index in [1.54, 1.807) is 0 Å². The van der Waals surface area contributed by atoms with E-state index in [0.717, 1.165) is 21.8 Å². The molecule has 2 heteroatoms. The van der Waals surface area contributed by atoms with Gasteiger partial charge in [-0.25, -0.2) is 0 Å². The number of hydrogen-bond donors (Lipinski definition) is 0. The number of aromatic nitrogens is 2. The summed E-state index contributed by atoms with van der Waals surface area (Å²) in [6.07, 6.45) is 3.78. The third-order valence-corrected chi connectivity index (χ3v) is 6.72. The van der Waals surface area contributed by atoms with E-state index in [1.165, 1.54) is 43.8 Å². The van der Waals surface area contributed by atoms with Crippen LogP contribution in [0.2, 0.25) is 0 Å². The van der Waals surface area contributed by atoms with Gasteiger partial charge in [0.1, 0.15) is 0 Å². The summed E-state index contributed by atoms with van der Waals surface area (Å²) in [6.45, 7) is 0. The van der Waals surface area contributed by atoms with E-state index in [9.17, 15) is 0 Å². The molecule has 0 bridgehead atoms. The first kappa shape index (κ1) is 19.0. The van der Waals surface area contributed by atoms with Crippen molar-refractivity contribution in [1.82, 2.24) is 9.97 Å². The SMILES string of the molecule is c1ccc(-c2cccc3cc(-c4cc5ccccc5c5ncccc45)c4cccnc4c23)cc1. The van der Waals surface area contributed by atoms with Crippen LogP contribution in [0.15, 0.2) is 122 Å². The van der Waals surface area contributed by atoms with Gasteiger partial charge in [-0.15, -0.1) is 0 Å². The fourth-order valence-electron chi connectivity index (χ4n) is 5.22. The van der Waals surface area contributed by atoms with Crippen LogP contribution in [-0.2, 0) is 0 Å². The van der Waals surface area contributed by atoms with Crippen molar-refractivity contribution in [3.05, 3.63) is 122 Å². The van der Waals surface area contributed by atoms with Gasteiger partial charge in [0.05, 0.1) is 11.0 Å². The van der Waals surface area contributed by atoms with E-state index in [0.29, 0.717) is 0 Å². The average molecular weight is 433 g/mol. The Hall–Kier alpha value is -4.56. The lowest BCUT2D eigenvalue weighted by Gasteiger charge is -2.16. The first-order valence-corrected chi connectivity index (χ1v) is 11.5. The van der Waals surface area contributed by atoms with Crippen LogP contribution in [0.4, 0.5) is 0 Å². The number of fused-ring (bicyclic) bond motifs is 6. The van der Waals surface area contributed by atoms with Crippen LogP contribution in [0.25, 0.3) is 65.6 Å². The number of pyridine rings is 2. The van der Waals surface area contributed by atoms with Gasteiger partial charge in [-0.05, 0) is 57.3 Å². The number of rotatable bonds is 2. The second-order valence-corrected chi connectivity index (χ2v) is 8.64. The molecule has 0 radical (unpaired) electrons. The molecule has 0 spiro atoms. The molecule has 0 aliphatic carbocycles. The Kier molecular flexibility index (Phi) is 4.18. The van der Waals surface area contributed by atoms with E-state index in [-0.39, 0.29) is 0 Å². The van der Waals surface area contributed by atoms with Crippen molar-refractivity contribution in [2.75, 3.05) is 0 Å². The van der Waals surface area contributed by atoms with Crippen molar-refractivity contribution in [2.24, 2.45) is 0 Å². The van der Waals surface area contributed by atoms with Crippen molar-refractivity contribution >= 4 is 43.4 Å². The number of benzene rings is 5. The van der Waals surface area contributed by atoms with Crippen molar-refractivity contribution in [1.29, 1.82) is 0 Å². The van der Waals surface area contributed by atoms with Gasteiger partial charge in [0.2, 0.25) is 0 Å². The van der Waals surface area contributed by atoms with Crippen molar-refractivity contribution in [3.63, 3.8) is 0 Å². The maximum atomic E-state index is 4.91. The molecule has 0 aliphatic rings. The quantitative estimate of drug-likeness (QED) is 0.256. The summed E-state index contributed by atoms with van der Waals surface area (Å²) in [7, 11) is 0. The highest BCUT2D eigenvalue weighted by atomic mass is 14.7. The molecule has 0 aliphatic heterocycles. The third kappa shape index (κ3) is 2.82. The highest BCUT2D eigenvalue weighted by molar-refractivity contribution is 6.20. The molecule has 0 amide bonds. The van der Waals surface area contributed by atoms with Crippen LogP contribution >= 0.6 is 0 Å². The first-order valence-electron chi connectivity index (χ1n) is 11.5. The van der Waals surface area contributed by atoms with Gasteiger partial charge >= 0.3 is 0 Å². The zero-order chi connectivity index (χ0) is 22.5. The molecule has 0 fully saturated rings. The minimum atomic E-state index is 1.03. The van der Waals surface area contributed by atoms with E-state index < -0.39 is 0 Å². The van der Waals surface area contributed by atoms with Gasteiger partial charge in [0, 0.05) is 33.9 Å². The molecule has 2 aromatic heterocycles. The highest BCUT2D eigenvalue weighted by Gasteiger charge is 2.16. The Balaban J connectivity index is 1.64. The molecule has 0 saturated heterocycles. The molecular formula is C32H20N2. The van der Waals surface area contributed by atoms with Crippen LogP contribution in [0, 0.1) is 0 Å². The van der Waals surface area contributed by atoms with E-state index in [4.69, 9.17) is 9.97 Å². The minimum Gasteiger partial charge on any atom is -0.256 e. The molecule has 5 aromatic carbocycles. The Morgan fingerprint density at radius 1 is 0.412 bits per heavy atom. The van der Waals surface area contributed by atoms with Gasteiger partial charge < -0.3 is 0 Å². The maximum Gasteiger partial charge on any atom is 0.0792 e.